The molecule has 1 aliphatic heterocycles. The van der Waals surface area contributed by atoms with Gasteiger partial charge in [-0.3, -0.25) is 4.79 Å². The third kappa shape index (κ3) is 6.99. The zero-order chi connectivity index (χ0) is 28.0. The van der Waals surface area contributed by atoms with Crippen LogP contribution in [0.1, 0.15) is 12.1 Å². The molecule has 1 saturated heterocycles. The molecule has 4 N–H and O–H groups in total. The van der Waals surface area contributed by atoms with Crippen molar-refractivity contribution in [3.05, 3.63) is 41.0 Å². The van der Waals surface area contributed by atoms with Crippen molar-refractivity contribution < 1.29 is 66.1 Å². The van der Waals surface area contributed by atoms with E-state index in [4.69, 9.17) is 14.2 Å². The molecular weight excluding hydrogens is 533 g/mol. The fourth-order valence-electron chi connectivity index (χ4n) is 3.30. The summed E-state index contributed by atoms with van der Waals surface area (Å²) in [5, 5.41) is 46.4. The summed E-state index contributed by atoms with van der Waals surface area (Å²) in [5.41, 5.74) is 0.473. The van der Waals surface area contributed by atoms with Crippen molar-refractivity contribution in [2.24, 2.45) is 0 Å². The number of carbonyl (C=O) groups excluding carboxylic acids is 1. The van der Waals surface area contributed by atoms with E-state index in [9.17, 15) is 47.2 Å². The molecule has 12 nitrogen and oxygen atoms in total. The maximum Gasteiger partial charge on any atom is 0.313 e. The summed E-state index contributed by atoms with van der Waals surface area (Å²) in [6, 6.07) is 0. The summed E-state index contributed by atoms with van der Waals surface area (Å²) in [6.45, 7) is -0.702. The minimum absolute atomic E-state index is 0.0109. The zero-order valence-electron chi connectivity index (χ0n) is 19.5. The van der Waals surface area contributed by atoms with E-state index in [2.05, 4.69) is 15.0 Å². The summed E-state index contributed by atoms with van der Waals surface area (Å²) in [6.07, 6.45) is -5.77. The van der Waals surface area contributed by atoms with Gasteiger partial charge >= 0.3 is 5.97 Å². The summed E-state index contributed by atoms with van der Waals surface area (Å²) >= 11 is 0. The maximum absolute atomic E-state index is 13.5. The SMILES string of the molecule is O=C(CCOCCn1cc(CCO[C@H]2O[C@H](CO)[C@@H](O)[C@H](O)[C@@H]2O)nn1)Oc1c(F)c(F)c(F)c(F)c1F. The highest BCUT2D eigenvalue weighted by molar-refractivity contribution is 5.72. The highest BCUT2D eigenvalue weighted by Gasteiger charge is 2.44. The van der Waals surface area contributed by atoms with Crippen LogP contribution in [0.5, 0.6) is 5.75 Å². The third-order valence-electron chi connectivity index (χ3n) is 5.38. The van der Waals surface area contributed by atoms with E-state index in [1.807, 2.05) is 0 Å². The molecule has 0 bridgehead atoms. The van der Waals surface area contributed by atoms with Crippen LogP contribution in [0.25, 0.3) is 0 Å². The zero-order valence-corrected chi connectivity index (χ0v) is 19.5. The van der Waals surface area contributed by atoms with Crippen LogP contribution in [0, 0.1) is 29.1 Å². The Morgan fingerprint density at radius 3 is 2.26 bits per heavy atom. The molecule has 212 valence electrons. The number of aliphatic hydroxyl groups excluding tert-OH is 4. The van der Waals surface area contributed by atoms with Crippen LogP contribution in [0.4, 0.5) is 22.0 Å². The lowest BCUT2D eigenvalue weighted by Crippen LogP contribution is -2.59. The number of aromatic nitrogens is 3. The quantitative estimate of drug-likeness (QED) is 0.0654. The molecule has 1 aliphatic rings. The predicted molar refractivity (Wildman–Crippen MR) is 111 cm³/mol. The molecule has 17 heteroatoms. The minimum atomic E-state index is -2.37. The highest BCUT2D eigenvalue weighted by Crippen LogP contribution is 2.29. The number of benzene rings is 1. The molecule has 1 aromatic heterocycles. The van der Waals surface area contributed by atoms with Crippen molar-refractivity contribution in [1.82, 2.24) is 15.0 Å². The number of carbonyl (C=O) groups is 1. The Kier molecular flexibility index (Phi) is 10.4. The van der Waals surface area contributed by atoms with Gasteiger partial charge in [0.25, 0.3) is 0 Å². The molecule has 0 radical (unpaired) electrons. The molecular formula is C21H24F5N3O9. The largest absolute Gasteiger partial charge is 0.420 e. The van der Waals surface area contributed by atoms with E-state index in [1.165, 1.54) is 10.9 Å². The molecule has 38 heavy (non-hydrogen) atoms. The van der Waals surface area contributed by atoms with E-state index in [0.29, 0.717) is 5.69 Å². The topological polar surface area (TPSA) is 166 Å². The van der Waals surface area contributed by atoms with Crippen molar-refractivity contribution in [2.45, 2.75) is 50.1 Å². The van der Waals surface area contributed by atoms with Crippen molar-refractivity contribution in [3.63, 3.8) is 0 Å². The number of esters is 1. The second-order valence-electron chi connectivity index (χ2n) is 8.03. The van der Waals surface area contributed by atoms with Crippen LogP contribution in [0.2, 0.25) is 0 Å². The summed E-state index contributed by atoms with van der Waals surface area (Å²) in [5.74, 6) is -14.4. The summed E-state index contributed by atoms with van der Waals surface area (Å²) < 4.78 is 87.8. The summed E-state index contributed by atoms with van der Waals surface area (Å²) in [7, 11) is 0. The number of ether oxygens (including phenoxy) is 4. The maximum atomic E-state index is 13.5. The Morgan fingerprint density at radius 1 is 0.947 bits per heavy atom. The second kappa shape index (κ2) is 13.3. The van der Waals surface area contributed by atoms with Gasteiger partial charge in [-0.25, -0.2) is 17.9 Å². The number of halogens is 5. The van der Waals surface area contributed by atoms with Crippen molar-refractivity contribution in [1.29, 1.82) is 0 Å². The smallest absolute Gasteiger partial charge is 0.313 e. The molecule has 5 atom stereocenters. The van der Waals surface area contributed by atoms with Gasteiger partial charge in [0.15, 0.2) is 6.29 Å². The Bertz CT molecular complexity index is 1080. The molecule has 3 rings (SSSR count). The van der Waals surface area contributed by atoms with Crippen molar-refractivity contribution >= 4 is 5.97 Å². The fraction of sp³-hybridized carbons (Fsp3) is 0.571. The van der Waals surface area contributed by atoms with E-state index < -0.39 is 84.5 Å². The van der Waals surface area contributed by atoms with Gasteiger partial charge in [0.1, 0.15) is 24.4 Å². The number of hydrogen-bond donors (Lipinski definition) is 4. The molecule has 0 unspecified atom stereocenters. The molecule has 2 heterocycles. The first-order valence-corrected chi connectivity index (χ1v) is 11.2. The van der Waals surface area contributed by atoms with Crippen LogP contribution < -0.4 is 4.74 Å². The lowest BCUT2D eigenvalue weighted by molar-refractivity contribution is -0.300. The van der Waals surface area contributed by atoms with Gasteiger partial charge in [0.05, 0.1) is 45.1 Å². The number of aliphatic hydroxyl groups is 4. The van der Waals surface area contributed by atoms with E-state index >= 15 is 0 Å². The van der Waals surface area contributed by atoms with E-state index in [-0.39, 0.29) is 32.8 Å². The van der Waals surface area contributed by atoms with Gasteiger partial charge in [0, 0.05) is 12.6 Å². The van der Waals surface area contributed by atoms with Crippen LogP contribution in [0.3, 0.4) is 0 Å². The number of nitrogens with zero attached hydrogens (tertiary/aromatic N) is 3. The monoisotopic (exact) mass is 557 g/mol. The number of rotatable bonds is 12. The van der Waals surface area contributed by atoms with Gasteiger partial charge in [-0.05, 0) is 0 Å². The first-order valence-electron chi connectivity index (χ1n) is 11.2. The second-order valence-corrected chi connectivity index (χ2v) is 8.03. The van der Waals surface area contributed by atoms with Gasteiger partial charge in [-0.2, -0.15) is 8.78 Å². The molecule has 0 aliphatic carbocycles. The molecule has 1 fully saturated rings. The highest BCUT2D eigenvalue weighted by atomic mass is 19.2. The average Bonchev–Trinajstić information content (AvgIpc) is 3.36. The minimum Gasteiger partial charge on any atom is -0.420 e. The molecule has 0 spiro atoms. The lowest BCUT2D eigenvalue weighted by atomic mass is 9.99. The van der Waals surface area contributed by atoms with Crippen LogP contribution >= 0.6 is 0 Å². The van der Waals surface area contributed by atoms with Gasteiger partial charge in [0.2, 0.25) is 34.8 Å². The van der Waals surface area contributed by atoms with Gasteiger partial charge < -0.3 is 39.4 Å². The molecule has 0 amide bonds. The summed E-state index contributed by atoms with van der Waals surface area (Å²) in [4.78, 5) is 11.7. The first-order chi connectivity index (χ1) is 18.0. The first kappa shape index (κ1) is 29.8. The predicted octanol–water partition coefficient (Wildman–Crippen LogP) is -0.655. The molecule has 0 saturated carbocycles. The third-order valence-corrected chi connectivity index (χ3v) is 5.38. The number of hydrogen-bond acceptors (Lipinski definition) is 11. The van der Waals surface area contributed by atoms with Crippen molar-refractivity contribution in [3.8, 4) is 5.75 Å². The van der Waals surface area contributed by atoms with Crippen LogP contribution in [-0.4, -0.2) is 98.5 Å². The Morgan fingerprint density at radius 2 is 1.61 bits per heavy atom. The van der Waals surface area contributed by atoms with E-state index in [0.717, 1.165) is 0 Å². The Hall–Kier alpha value is -2.80. The fourth-order valence-corrected chi connectivity index (χ4v) is 3.30. The van der Waals surface area contributed by atoms with Crippen LogP contribution in [-0.2, 0) is 32.0 Å². The molecule has 1 aromatic carbocycles. The Balaban J connectivity index is 1.35. The van der Waals surface area contributed by atoms with E-state index in [1.54, 1.807) is 0 Å². The average molecular weight is 557 g/mol. The standard InChI is InChI=1S/C21H24F5N3O9/c22-12-13(23)15(25)20(16(26)14(12)24)38-11(31)2-4-35-6-3-29-7-9(27-28-29)1-5-36-21-19(34)18(33)17(32)10(8-30)37-21/h7,10,17-19,21,30,32-34H,1-6,8H2/t10-,17-,18+,19+,21+/m1/s1. The Labute approximate surface area is 211 Å². The van der Waals surface area contributed by atoms with Crippen molar-refractivity contribution in [2.75, 3.05) is 26.4 Å². The van der Waals surface area contributed by atoms with Crippen LogP contribution in [0.15, 0.2) is 6.20 Å². The normalized spacial score (nSPS) is 23.6. The van der Waals surface area contributed by atoms with Gasteiger partial charge in [-0.1, -0.05) is 5.21 Å². The lowest BCUT2D eigenvalue weighted by Gasteiger charge is -2.39. The molecule has 2 aromatic rings. The van der Waals surface area contributed by atoms with Gasteiger partial charge in [-0.15, -0.1) is 5.10 Å².